The number of likely N-dealkylation sites (N-methyl/N-ethyl adjacent to an activating group) is 1. The molecule has 0 saturated heterocycles. The highest BCUT2D eigenvalue weighted by molar-refractivity contribution is 5.23. The number of nitrogens with zero attached hydrogens (tertiary/aromatic N) is 3. The number of hydrogen-bond donors (Lipinski definition) is 1. The summed E-state index contributed by atoms with van der Waals surface area (Å²) in [5.41, 5.74) is 1.17. The van der Waals surface area contributed by atoms with Crippen molar-refractivity contribution in [3.63, 3.8) is 0 Å². The van der Waals surface area contributed by atoms with E-state index in [0.29, 0.717) is 12.0 Å². The van der Waals surface area contributed by atoms with Crippen molar-refractivity contribution in [2.45, 2.75) is 12.5 Å². The van der Waals surface area contributed by atoms with E-state index in [-0.39, 0.29) is 6.04 Å². The second-order valence-corrected chi connectivity index (χ2v) is 4.09. The lowest BCUT2D eigenvalue weighted by molar-refractivity contribution is 0.518. The molecule has 0 aliphatic heterocycles. The Labute approximate surface area is 104 Å². The summed E-state index contributed by atoms with van der Waals surface area (Å²) in [7, 11) is 3.49. The summed E-state index contributed by atoms with van der Waals surface area (Å²) in [5.74, 6) is -1.14. The average molecular weight is 252 g/mol. The van der Waals surface area contributed by atoms with E-state index < -0.39 is 11.6 Å². The second kappa shape index (κ2) is 5.22. The van der Waals surface area contributed by atoms with Gasteiger partial charge in [-0.3, -0.25) is 4.68 Å². The van der Waals surface area contributed by atoms with Crippen molar-refractivity contribution in [1.29, 1.82) is 0 Å². The Bertz CT molecular complexity index is 539. The van der Waals surface area contributed by atoms with Crippen molar-refractivity contribution in [2.75, 3.05) is 7.05 Å². The number of aryl methyl sites for hydroxylation is 1. The van der Waals surface area contributed by atoms with Crippen LogP contribution >= 0.6 is 0 Å². The third-order valence-electron chi connectivity index (χ3n) is 2.75. The zero-order chi connectivity index (χ0) is 13.1. The Morgan fingerprint density at radius 1 is 1.39 bits per heavy atom. The Morgan fingerprint density at radius 2 is 2.17 bits per heavy atom. The normalized spacial score (nSPS) is 12.7. The van der Waals surface area contributed by atoms with Gasteiger partial charge in [-0.05, 0) is 13.1 Å². The number of nitrogens with one attached hydrogen (secondary N) is 1. The first kappa shape index (κ1) is 12.6. The van der Waals surface area contributed by atoms with Crippen molar-refractivity contribution >= 4 is 0 Å². The van der Waals surface area contributed by atoms with Crippen molar-refractivity contribution in [1.82, 2.24) is 20.3 Å². The molecule has 0 aliphatic carbocycles. The second-order valence-electron chi connectivity index (χ2n) is 4.09. The summed E-state index contributed by atoms with van der Waals surface area (Å²) in [4.78, 5) is 0. The number of halogens is 2. The van der Waals surface area contributed by atoms with Gasteiger partial charge in [-0.1, -0.05) is 11.3 Å². The summed E-state index contributed by atoms with van der Waals surface area (Å²) >= 11 is 0. The number of aromatic nitrogens is 3. The maximum absolute atomic E-state index is 13.7. The van der Waals surface area contributed by atoms with Crippen LogP contribution in [-0.4, -0.2) is 22.0 Å². The molecular weight excluding hydrogens is 238 g/mol. The smallest absolute Gasteiger partial charge is 0.130 e. The van der Waals surface area contributed by atoms with Crippen molar-refractivity contribution in [3.05, 3.63) is 47.3 Å². The fourth-order valence-electron chi connectivity index (χ4n) is 1.85. The van der Waals surface area contributed by atoms with Gasteiger partial charge < -0.3 is 5.32 Å². The average Bonchev–Trinajstić information content (AvgIpc) is 2.72. The molecule has 1 aromatic carbocycles. The molecule has 2 aromatic rings. The molecule has 1 unspecified atom stereocenters. The number of benzene rings is 1. The molecule has 1 aromatic heterocycles. The highest BCUT2D eigenvalue weighted by atomic mass is 19.1. The third kappa shape index (κ3) is 2.70. The molecule has 6 heteroatoms. The summed E-state index contributed by atoms with van der Waals surface area (Å²) < 4.78 is 28.1. The lowest BCUT2D eigenvalue weighted by Crippen LogP contribution is -2.20. The molecule has 18 heavy (non-hydrogen) atoms. The van der Waals surface area contributed by atoms with Gasteiger partial charge in [0.1, 0.15) is 11.6 Å². The van der Waals surface area contributed by atoms with Crippen LogP contribution in [0.25, 0.3) is 0 Å². The minimum absolute atomic E-state index is 0.262. The molecule has 1 heterocycles. The predicted octanol–water partition coefficient (Wildman–Crippen LogP) is 1.60. The van der Waals surface area contributed by atoms with Gasteiger partial charge in [-0.15, -0.1) is 5.10 Å². The first-order valence-electron chi connectivity index (χ1n) is 5.57. The van der Waals surface area contributed by atoms with Gasteiger partial charge in [0.15, 0.2) is 0 Å². The van der Waals surface area contributed by atoms with Crippen molar-refractivity contribution in [2.24, 2.45) is 7.05 Å². The Balaban J connectivity index is 2.22. The molecule has 0 bridgehead atoms. The van der Waals surface area contributed by atoms with Gasteiger partial charge in [0.05, 0.1) is 5.69 Å². The van der Waals surface area contributed by atoms with E-state index in [1.165, 1.54) is 12.1 Å². The minimum atomic E-state index is -0.578. The summed E-state index contributed by atoms with van der Waals surface area (Å²) in [6.07, 6.45) is 2.26. The maximum Gasteiger partial charge on any atom is 0.130 e. The molecule has 0 amide bonds. The van der Waals surface area contributed by atoms with Gasteiger partial charge in [0, 0.05) is 37.3 Å². The number of hydrogen-bond acceptors (Lipinski definition) is 3. The molecule has 0 radical (unpaired) electrons. The van der Waals surface area contributed by atoms with Crippen LogP contribution in [0.3, 0.4) is 0 Å². The van der Waals surface area contributed by atoms with Gasteiger partial charge in [0.25, 0.3) is 0 Å². The van der Waals surface area contributed by atoms with E-state index >= 15 is 0 Å². The Kier molecular flexibility index (Phi) is 3.66. The Morgan fingerprint density at radius 3 is 2.72 bits per heavy atom. The van der Waals surface area contributed by atoms with Crippen molar-refractivity contribution < 1.29 is 8.78 Å². The minimum Gasteiger partial charge on any atom is -0.313 e. The summed E-state index contributed by atoms with van der Waals surface area (Å²) in [5, 5.41) is 10.8. The standard InChI is InChI=1S/C12H14F2N4/c1-15-12(6-9-7-18(2)17-16-9)10-4-3-8(13)5-11(10)14/h3-5,7,12,15H,6H2,1-2H3. The molecule has 0 fully saturated rings. The first-order chi connectivity index (χ1) is 8.60. The third-order valence-corrected chi connectivity index (χ3v) is 2.75. The van der Waals surface area contributed by atoms with Crippen LogP contribution in [0.4, 0.5) is 8.78 Å². The van der Waals surface area contributed by atoms with Crippen LogP contribution in [0.5, 0.6) is 0 Å². The van der Waals surface area contributed by atoms with Crippen LogP contribution in [0.1, 0.15) is 17.3 Å². The predicted molar refractivity (Wildman–Crippen MR) is 62.9 cm³/mol. The fourth-order valence-corrected chi connectivity index (χ4v) is 1.85. The summed E-state index contributed by atoms with van der Waals surface area (Å²) in [6.45, 7) is 0. The van der Waals surface area contributed by atoms with Crippen LogP contribution in [0.15, 0.2) is 24.4 Å². The Hall–Kier alpha value is -1.82. The quantitative estimate of drug-likeness (QED) is 0.898. The SMILES string of the molecule is CNC(Cc1cn(C)nn1)c1ccc(F)cc1F. The van der Waals surface area contributed by atoms with Crippen LogP contribution < -0.4 is 5.32 Å². The molecule has 4 nitrogen and oxygen atoms in total. The van der Waals surface area contributed by atoms with E-state index in [9.17, 15) is 8.78 Å². The maximum atomic E-state index is 13.7. The lowest BCUT2D eigenvalue weighted by Gasteiger charge is -2.15. The largest absolute Gasteiger partial charge is 0.313 e. The van der Waals surface area contributed by atoms with Crippen LogP contribution in [-0.2, 0) is 13.5 Å². The fraction of sp³-hybridized carbons (Fsp3) is 0.333. The van der Waals surface area contributed by atoms with Crippen molar-refractivity contribution in [3.8, 4) is 0 Å². The van der Waals surface area contributed by atoms with Gasteiger partial charge in [-0.25, -0.2) is 8.78 Å². The van der Waals surface area contributed by atoms with Gasteiger partial charge in [0.2, 0.25) is 0 Å². The molecule has 96 valence electrons. The van der Waals surface area contributed by atoms with E-state index in [4.69, 9.17) is 0 Å². The highest BCUT2D eigenvalue weighted by Crippen LogP contribution is 2.20. The van der Waals surface area contributed by atoms with Crippen LogP contribution in [0.2, 0.25) is 0 Å². The van der Waals surface area contributed by atoms with Gasteiger partial charge in [-0.2, -0.15) is 0 Å². The summed E-state index contributed by atoms with van der Waals surface area (Å²) in [6, 6.07) is 3.32. The molecular formula is C12H14F2N4. The van der Waals surface area contributed by atoms with Gasteiger partial charge >= 0.3 is 0 Å². The van der Waals surface area contributed by atoms with E-state index in [1.807, 2.05) is 0 Å². The molecule has 2 rings (SSSR count). The molecule has 1 atom stereocenters. The number of rotatable bonds is 4. The molecule has 0 spiro atoms. The zero-order valence-corrected chi connectivity index (χ0v) is 10.2. The zero-order valence-electron chi connectivity index (χ0n) is 10.2. The van der Waals surface area contributed by atoms with E-state index in [0.717, 1.165) is 11.8 Å². The first-order valence-corrected chi connectivity index (χ1v) is 5.57. The van der Waals surface area contributed by atoms with E-state index in [2.05, 4.69) is 15.6 Å². The molecule has 0 saturated carbocycles. The highest BCUT2D eigenvalue weighted by Gasteiger charge is 2.16. The molecule has 0 aliphatic rings. The monoisotopic (exact) mass is 252 g/mol. The lowest BCUT2D eigenvalue weighted by atomic mass is 10.0. The molecule has 1 N–H and O–H groups in total. The van der Waals surface area contributed by atoms with E-state index in [1.54, 1.807) is 25.0 Å². The topological polar surface area (TPSA) is 42.7 Å². The van der Waals surface area contributed by atoms with Crippen LogP contribution in [0, 0.1) is 11.6 Å².